The number of hydrogen-bond acceptors (Lipinski definition) is 2. The molecule has 1 aliphatic carbocycles. The van der Waals surface area contributed by atoms with E-state index in [0.29, 0.717) is 6.04 Å². The molecule has 1 fully saturated rings. The molecule has 0 bridgehead atoms. The Balaban J connectivity index is 1.80. The number of benzene rings is 1. The average Bonchev–Trinajstić information content (AvgIpc) is 2.96. The number of nitrogens with one attached hydrogen (secondary N) is 1. The summed E-state index contributed by atoms with van der Waals surface area (Å²) in [6, 6.07) is 11.9. The molecular weight excluding hydrogens is 274 g/mol. The molecule has 2 aromatic rings. The van der Waals surface area contributed by atoms with Crippen molar-refractivity contribution in [1.82, 2.24) is 5.32 Å². The smallest absolute Gasteiger partial charge is 0.0671 e. The van der Waals surface area contributed by atoms with Crippen molar-refractivity contribution >= 4 is 11.3 Å². The number of hydrogen-bond donors (Lipinski definition) is 1. The Morgan fingerprint density at radius 1 is 1.05 bits per heavy atom. The van der Waals surface area contributed by atoms with Gasteiger partial charge in [0.05, 0.1) is 6.04 Å². The molecule has 1 atom stereocenters. The van der Waals surface area contributed by atoms with Gasteiger partial charge in [0.1, 0.15) is 0 Å². The molecule has 1 N–H and O–H groups in total. The summed E-state index contributed by atoms with van der Waals surface area (Å²) in [6.07, 6.45) is 6.98. The largest absolute Gasteiger partial charge is 0.309 e. The highest BCUT2D eigenvalue weighted by Crippen LogP contribution is 2.34. The second kappa shape index (κ2) is 6.76. The fraction of sp³-hybridized carbons (Fsp3) is 0.474. The normalized spacial score (nSPS) is 17.8. The lowest BCUT2D eigenvalue weighted by Crippen LogP contribution is -2.17. The van der Waals surface area contributed by atoms with Gasteiger partial charge in [0.15, 0.2) is 0 Å². The molecule has 0 radical (unpaired) electrons. The highest BCUT2D eigenvalue weighted by atomic mass is 32.1. The lowest BCUT2D eigenvalue weighted by Gasteiger charge is -2.23. The Bertz CT molecular complexity index is 564. The van der Waals surface area contributed by atoms with Gasteiger partial charge in [-0.2, -0.15) is 0 Å². The summed E-state index contributed by atoms with van der Waals surface area (Å²) in [7, 11) is 2.05. The minimum Gasteiger partial charge on any atom is -0.309 e. The van der Waals surface area contributed by atoms with E-state index in [1.165, 1.54) is 53.7 Å². The van der Waals surface area contributed by atoms with Gasteiger partial charge in [-0.25, -0.2) is 0 Å². The molecule has 1 aliphatic rings. The highest BCUT2D eigenvalue weighted by molar-refractivity contribution is 7.10. The van der Waals surface area contributed by atoms with E-state index in [1.54, 1.807) is 0 Å². The third kappa shape index (κ3) is 3.22. The zero-order valence-electron chi connectivity index (χ0n) is 13.1. The third-order valence-electron chi connectivity index (χ3n) is 4.80. The fourth-order valence-corrected chi connectivity index (χ4v) is 4.59. The van der Waals surface area contributed by atoms with Gasteiger partial charge in [0.2, 0.25) is 0 Å². The monoisotopic (exact) mass is 299 g/mol. The van der Waals surface area contributed by atoms with E-state index >= 15 is 0 Å². The second-order valence-corrected chi connectivity index (χ2v) is 7.14. The van der Waals surface area contributed by atoms with Crippen LogP contribution < -0.4 is 5.32 Å². The number of aryl methyl sites for hydroxylation is 1. The Kier molecular flexibility index (Phi) is 4.77. The minimum atomic E-state index is 0.324. The molecule has 1 aromatic carbocycles. The SMILES string of the molecule is CNC(c1ccc(C2CCCCC2)cc1)c1sccc1C. The second-order valence-electron chi connectivity index (χ2n) is 6.19. The summed E-state index contributed by atoms with van der Waals surface area (Å²) in [5.41, 5.74) is 4.30. The zero-order valence-corrected chi connectivity index (χ0v) is 13.9. The topological polar surface area (TPSA) is 12.0 Å². The predicted molar refractivity (Wildman–Crippen MR) is 92.2 cm³/mol. The lowest BCUT2D eigenvalue weighted by atomic mass is 9.83. The van der Waals surface area contributed by atoms with Gasteiger partial charge in [-0.15, -0.1) is 11.3 Å². The van der Waals surface area contributed by atoms with Gasteiger partial charge >= 0.3 is 0 Å². The molecule has 2 heteroatoms. The Morgan fingerprint density at radius 2 is 1.76 bits per heavy atom. The van der Waals surface area contributed by atoms with E-state index in [4.69, 9.17) is 0 Å². The Hall–Kier alpha value is -1.12. The molecule has 21 heavy (non-hydrogen) atoms. The quantitative estimate of drug-likeness (QED) is 0.795. The molecule has 1 unspecified atom stereocenters. The molecule has 0 saturated heterocycles. The molecular formula is C19H25NS. The van der Waals surface area contributed by atoms with Crippen LogP contribution in [0.2, 0.25) is 0 Å². The van der Waals surface area contributed by atoms with Crippen LogP contribution >= 0.6 is 11.3 Å². The average molecular weight is 299 g/mol. The van der Waals surface area contributed by atoms with Crippen LogP contribution in [-0.2, 0) is 0 Å². The highest BCUT2D eigenvalue weighted by Gasteiger charge is 2.18. The summed E-state index contributed by atoms with van der Waals surface area (Å²) < 4.78 is 0. The van der Waals surface area contributed by atoms with E-state index in [2.05, 4.69) is 55.0 Å². The molecule has 1 nitrogen and oxygen atoms in total. The molecule has 3 rings (SSSR count). The van der Waals surface area contributed by atoms with E-state index in [1.807, 2.05) is 11.3 Å². The summed E-state index contributed by atoms with van der Waals surface area (Å²) in [5, 5.41) is 5.66. The first-order valence-electron chi connectivity index (χ1n) is 8.10. The molecule has 1 aromatic heterocycles. The van der Waals surface area contributed by atoms with Crippen LogP contribution in [-0.4, -0.2) is 7.05 Å². The van der Waals surface area contributed by atoms with Crippen LogP contribution in [0, 0.1) is 6.92 Å². The minimum absolute atomic E-state index is 0.324. The Labute approximate surface area is 132 Å². The first-order valence-corrected chi connectivity index (χ1v) is 8.98. The van der Waals surface area contributed by atoms with Crippen molar-refractivity contribution in [2.45, 2.75) is 51.0 Å². The maximum absolute atomic E-state index is 3.47. The van der Waals surface area contributed by atoms with Crippen LogP contribution in [0.4, 0.5) is 0 Å². The van der Waals surface area contributed by atoms with E-state index < -0.39 is 0 Å². The predicted octanol–water partition coefficient (Wildman–Crippen LogP) is 5.41. The summed E-state index contributed by atoms with van der Waals surface area (Å²) in [6.45, 7) is 2.20. The Morgan fingerprint density at radius 3 is 2.33 bits per heavy atom. The van der Waals surface area contributed by atoms with Crippen LogP contribution in [0.15, 0.2) is 35.7 Å². The maximum atomic E-state index is 3.47. The molecule has 0 spiro atoms. The van der Waals surface area contributed by atoms with E-state index in [-0.39, 0.29) is 0 Å². The first kappa shape index (κ1) is 14.8. The van der Waals surface area contributed by atoms with Gasteiger partial charge in [0.25, 0.3) is 0 Å². The molecule has 0 aliphatic heterocycles. The van der Waals surface area contributed by atoms with Crippen molar-refractivity contribution in [1.29, 1.82) is 0 Å². The molecule has 1 heterocycles. The van der Waals surface area contributed by atoms with Crippen molar-refractivity contribution in [3.05, 3.63) is 57.3 Å². The summed E-state index contributed by atoms with van der Waals surface area (Å²) in [4.78, 5) is 1.43. The van der Waals surface area contributed by atoms with Gasteiger partial charge in [-0.05, 0) is 60.9 Å². The third-order valence-corrected chi connectivity index (χ3v) is 5.88. The van der Waals surface area contributed by atoms with Crippen LogP contribution in [0.3, 0.4) is 0 Å². The van der Waals surface area contributed by atoms with Gasteiger partial charge in [0, 0.05) is 4.88 Å². The van der Waals surface area contributed by atoms with Crippen molar-refractivity contribution < 1.29 is 0 Å². The van der Waals surface area contributed by atoms with Crippen LogP contribution in [0.5, 0.6) is 0 Å². The zero-order chi connectivity index (χ0) is 14.7. The van der Waals surface area contributed by atoms with E-state index in [0.717, 1.165) is 5.92 Å². The van der Waals surface area contributed by atoms with E-state index in [9.17, 15) is 0 Å². The van der Waals surface area contributed by atoms with Gasteiger partial charge in [-0.1, -0.05) is 43.5 Å². The van der Waals surface area contributed by atoms with Crippen molar-refractivity contribution in [3.8, 4) is 0 Å². The maximum Gasteiger partial charge on any atom is 0.0671 e. The lowest BCUT2D eigenvalue weighted by molar-refractivity contribution is 0.443. The summed E-state index contributed by atoms with van der Waals surface area (Å²) >= 11 is 1.85. The molecule has 112 valence electrons. The standard InChI is InChI=1S/C19H25NS/c1-14-12-13-21-19(14)18(20-2)17-10-8-16(9-11-17)15-6-4-3-5-7-15/h8-13,15,18,20H,3-7H2,1-2H3. The first-order chi connectivity index (χ1) is 10.3. The molecule has 1 saturated carbocycles. The number of rotatable bonds is 4. The van der Waals surface area contributed by atoms with Crippen LogP contribution in [0.25, 0.3) is 0 Å². The fourth-order valence-electron chi connectivity index (χ4n) is 3.53. The van der Waals surface area contributed by atoms with Crippen molar-refractivity contribution in [3.63, 3.8) is 0 Å². The van der Waals surface area contributed by atoms with Gasteiger partial charge in [-0.3, -0.25) is 0 Å². The van der Waals surface area contributed by atoms with Gasteiger partial charge < -0.3 is 5.32 Å². The molecule has 0 amide bonds. The summed E-state index contributed by atoms with van der Waals surface area (Å²) in [5.74, 6) is 0.796. The van der Waals surface area contributed by atoms with Crippen LogP contribution in [0.1, 0.15) is 65.6 Å². The van der Waals surface area contributed by atoms with Crippen molar-refractivity contribution in [2.75, 3.05) is 7.05 Å². The number of thiophene rings is 1. The van der Waals surface area contributed by atoms with Crippen molar-refractivity contribution in [2.24, 2.45) is 0 Å².